The molecular weight excluding hydrogens is 292 g/mol. The highest BCUT2D eigenvalue weighted by Gasteiger charge is 2.25. The molecular formula is C14H19F2N5O. The van der Waals surface area contributed by atoms with Crippen molar-refractivity contribution in [3.63, 3.8) is 0 Å². The van der Waals surface area contributed by atoms with E-state index in [9.17, 15) is 13.9 Å². The molecule has 0 atom stereocenters. The standard InChI is InChI=1S/C14H19F2N5O/c1-20(10-4-2-9(8-22)3-5-10)12-7-6-11-17-18-14(13(15)16)21(11)19-12/h6-7,9-10,13,22H,2-5,8H2,1H3. The van der Waals surface area contributed by atoms with E-state index in [-0.39, 0.29) is 6.61 Å². The molecule has 1 N–H and O–H groups in total. The number of aliphatic hydroxyl groups excluding tert-OH is 1. The third-order valence-corrected chi connectivity index (χ3v) is 4.45. The quantitative estimate of drug-likeness (QED) is 0.936. The van der Waals surface area contributed by atoms with E-state index in [1.807, 2.05) is 11.9 Å². The molecule has 0 amide bonds. The lowest BCUT2D eigenvalue weighted by Crippen LogP contribution is -2.36. The molecule has 1 aliphatic rings. The molecule has 0 bridgehead atoms. The zero-order valence-electron chi connectivity index (χ0n) is 12.4. The van der Waals surface area contributed by atoms with Crippen molar-refractivity contribution in [3.05, 3.63) is 18.0 Å². The van der Waals surface area contributed by atoms with Crippen LogP contribution in [0.1, 0.15) is 37.9 Å². The number of hydrogen-bond acceptors (Lipinski definition) is 5. The lowest BCUT2D eigenvalue weighted by atomic mass is 9.86. The van der Waals surface area contributed by atoms with Crippen molar-refractivity contribution in [2.24, 2.45) is 5.92 Å². The van der Waals surface area contributed by atoms with Crippen molar-refractivity contribution in [3.8, 4) is 0 Å². The number of aliphatic hydroxyl groups is 1. The molecule has 2 aromatic rings. The van der Waals surface area contributed by atoms with E-state index < -0.39 is 12.2 Å². The predicted octanol–water partition coefficient (Wildman–Crippen LogP) is 2.05. The van der Waals surface area contributed by atoms with Crippen LogP contribution in [0.5, 0.6) is 0 Å². The largest absolute Gasteiger partial charge is 0.396 e. The van der Waals surface area contributed by atoms with Crippen LogP contribution in [-0.4, -0.2) is 44.6 Å². The van der Waals surface area contributed by atoms with Crippen molar-refractivity contribution < 1.29 is 13.9 Å². The molecule has 0 saturated heterocycles. The number of anilines is 1. The van der Waals surface area contributed by atoms with E-state index in [4.69, 9.17) is 0 Å². The molecule has 3 rings (SSSR count). The Morgan fingerprint density at radius 1 is 1.27 bits per heavy atom. The van der Waals surface area contributed by atoms with Crippen LogP contribution in [-0.2, 0) is 0 Å². The molecule has 0 spiro atoms. The van der Waals surface area contributed by atoms with Gasteiger partial charge < -0.3 is 10.0 Å². The monoisotopic (exact) mass is 311 g/mol. The van der Waals surface area contributed by atoms with Gasteiger partial charge in [0.2, 0.25) is 5.82 Å². The maximum atomic E-state index is 12.9. The van der Waals surface area contributed by atoms with E-state index in [2.05, 4.69) is 15.3 Å². The third kappa shape index (κ3) is 2.75. The number of aromatic nitrogens is 4. The zero-order valence-corrected chi connectivity index (χ0v) is 12.4. The Labute approximate surface area is 126 Å². The molecule has 22 heavy (non-hydrogen) atoms. The summed E-state index contributed by atoms with van der Waals surface area (Å²) in [6.07, 6.45) is 1.17. The van der Waals surface area contributed by atoms with Gasteiger partial charge in [0.15, 0.2) is 5.65 Å². The van der Waals surface area contributed by atoms with Crippen molar-refractivity contribution >= 4 is 11.5 Å². The van der Waals surface area contributed by atoms with Crippen LogP contribution < -0.4 is 4.90 Å². The van der Waals surface area contributed by atoms with E-state index in [0.717, 1.165) is 30.2 Å². The van der Waals surface area contributed by atoms with Gasteiger partial charge in [0.05, 0.1) is 0 Å². The Morgan fingerprint density at radius 2 is 2.00 bits per heavy atom. The fraction of sp³-hybridized carbons (Fsp3) is 0.643. The van der Waals surface area contributed by atoms with Crippen LogP contribution >= 0.6 is 0 Å². The topological polar surface area (TPSA) is 66.6 Å². The number of fused-ring (bicyclic) bond motifs is 1. The van der Waals surface area contributed by atoms with Crippen molar-refractivity contribution in [1.82, 2.24) is 19.8 Å². The minimum absolute atomic E-state index is 0.235. The molecule has 6 nitrogen and oxygen atoms in total. The van der Waals surface area contributed by atoms with Crippen LogP contribution in [0.4, 0.5) is 14.6 Å². The molecule has 0 radical (unpaired) electrons. The molecule has 8 heteroatoms. The molecule has 0 aliphatic heterocycles. The van der Waals surface area contributed by atoms with Gasteiger partial charge in [-0.3, -0.25) is 0 Å². The van der Waals surface area contributed by atoms with Gasteiger partial charge >= 0.3 is 0 Å². The molecule has 1 aliphatic carbocycles. The lowest BCUT2D eigenvalue weighted by molar-refractivity contribution is 0.137. The Balaban J connectivity index is 1.82. The second kappa shape index (κ2) is 6.12. The van der Waals surface area contributed by atoms with E-state index in [1.54, 1.807) is 12.1 Å². The first-order valence-corrected chi connectivity index (χ1v) is 7.44. The minimum atomic E-state index is -2.71. The maximum Gasteiger partial charge on any atom is 0.299 e. The van der Waals surface area contributed by atoms with Crippen molar-refractivity contribution in [1.29, 1.82) is 0 Å². The summed E-state index contributed by atoms with van der Waals surface area (Å²) in [5.74, 6) is 0.569. The first kappa shape index (κ1) is 15.1. The summed E-state index contributed by atoms with van der Waals surface area (Å²) in [5, 5.41) is 20.6. The first-order chi connectivity index (χ1) is 10.6. The number of hydrogen-bond donors (Lipinski definition) is 1. The summed E-state index contributed by atoms with van der Waals surface area (Å²) in [6.45, 7) is 0.235. The highest BCUT2D eigenvalue weighted by molar-refractivity contribution is 5.46. The van der Waals surface area contributed by atoms with E-state index in [0.29, 0.717) is 23.4 Å². The third-order valence-electron chi connectivity index (χ3n) is 4.45. The van der Waals surface area contributed by atoms with E-state index in [1.165, 1.54) is 0 Å². The number of halogens is 2. The molecule has 120 valence electrons. The molecule has 2 heterocycles. The van der Waals surface area contributed by atoms with Crippen LogP contribution in [0.15, 0.2) is 12.1 Å². The van der Waals surface area contributed by atoms with E-state index >= 15 is 0 Å². The molecule has 1 saturated carbocycles. The van der Waals surface area contributed by atoms with Gasteiger partial charge in [-0.2, -0.15) is 4.52 Å². The number of nitrogens with zero attached hydrogens (tertiary/aromatic N) is 5. The van der Waals surface area contributed by atoms with Gasteiger partial charge in [0.25, 0.3) is 6.43 Å². The summed E-state index contributed by atoms with van der Waals surface area (Å²) in [7, 11) is 1.92. The normalized spacial score (nSPS) is 22.4. The second-order valence-corrected chi connectivity index (χ2v) is 5.79. The summed E-state index contributed by atoms with van der Waals surface area (Å²) in [6, 6.07) is 3.73. The zero-order chi connectivity index (χ0) is 15.7. The van der Waals surface area contributed by atoms with Gasteiger partial charge in [-0.15, -0.1) is 15.3 Å². The lowest BCUT2D eigenvalue weighted by Gasteiger charge is -2.34. The van der Waals surface area contributed by atoms with Crippen molar-refractivity contribution in [2.45, 2.75) is 38.2 Å². The summed E-state index contributed by atoms with van der Waals surface area (Å²) < 4.78 is 26.9. The number of rotatable bonds is 4. The van der Waals surface area contributed by atoms with Gasteiger partial charge in [-0.25, -0.2) is 8.78 Å². The Kier molecular flexibility index (Phi) is 4.19. The smallest absolute Gasteiger partial charge is 0.299 e. The summed E-state index contributed by atoms with van der Waals surface area (Å²) >= 11 is 0. The van der Waals surface area contributed by atoms with Gasteiger partial charge in [-0.1, -0.05) is 0 Å². The fourth-order valence-electron chi connectivity index (χ4n) is 3.02. The highest BCUT2D eigenvalue weighted by atomic mass is 19.3. The highest BCUT2D eigenvalue weighted by Crippen LogP contribution is 2.29. The molecule has 0 aromatic carbocycles. The Morgan fingerprint density at radius 3 is 2.64 bits per heavy atom. The molecule has 0 unspecified atom stereocenters. The SMILES string of the molecule is CN(c1ccc2nnc(C(F)F)n2n1)C1CCC(CO)CC1. The maximum absolute atomic E-state index is 12.9. The minimum Gasteiger partial charge on any atom is -0.396 e. The molecule has 2 aromatic heterocycles. The van der Waals surface area contributed by atoms with Crippen LogP contribution in [0.25, 0.3) is 5.65 Å². The van der Waals surface area contributed by atoms with Crippen LogP contribution in [0.2, 0.25) is 0 Å². The van der Waals surface area contributed by atoms with Crippen LogP contribution in [0.3, 0.4) is 0 Å². The van der Waals surface area contributed by atoms with Crippen LogP contribution in [0, 0.1) is 5.92 Å². The first-order valence-electron chi connectivity index (χ1n) is 7.44. The second-order valence-electron chi connectivity index (χ2n) is 5.79. The summed E-state index contributed by atoms with van der Waals surface area (Å²) in [4.78, 5) is 2.02. The van der Waals surface area contributed by atoms with Gasteiger partial charge in [0.1, 0.15) is 5.82 Å². The molecule has 1 fully saturated rings. The van der Waals surface area contributed by atoms with Gasteiger partial charge in [-0.05, 0) is 43.7 Å². The average Bonchev–Trinajstić information content (AvgIpc) is 2.97. The van der Waals surface area contributed by atoms with Crippen molar-refractivity contribution in [2.75, 3.05) is 18.6 Å². The Hall–Kier alpha value is -1.83. The predicted molar refractivity (Wildman–Crippen MR) is 77.0 cm³/mol. The number of alkyl halides is 2. The van der Waals surface area contributed by atoms with Gasteiger partial charge in [0, 0.05) is 19.7 Å². The summed E-state index contributed by atoms with van der Waals surface area (Å²) in [5.41, 5.74) is 0.316. The fourth-order valence-corrected chi connectivity index (χ4v) is 3.02. The Bertz CT molecular complexity index is 639. The average molecular weight is 311 g/mol.